The molecule has 6 heterocycles. The molecule has 9 rings (SSSR count). The monoisotopic (exact) mass is 940 g/mol. The Morgan fingerprint density at radius 3 is 2.16 bits per heavy atom. The molecule has 5 aliphatic heterocycles. The molecule has 3 atom stereocenters. The summed E-state index contributed by atoms with van der Waals surface area (Å²) in [6.45, 7) is 5.61. The highest BCUT2D eigenvalue weighted by atomic mass is 16.5. The largest absolute Gasteiger partial charge is 0.507 e. The van der Waals surface area contributed by atoms with Crippen LogP contribution in [-0.2, 0) is 19.2 Å². The van der Waals surface area contributed by atoms with Crippen LogP contribution in [0.3, 0.4) is 0 Å². The minimum absolute atomic E-state index is 0.0535. The fourth-order valence-electron chi connectivity index (χ4n) is 10.2. The number of carbonyl (C=O) groups excluding carboxylic acids is 6. The van der Waals surface area contributed by atoms with E-state index in [9.17, 15) is 33.9 Å². The van der Waals surface area contributed by atoms with Gasteiger partial charge in [-0.25, -0.2) is 0 Å². The van der Waals surface area contributed by atoms with Gasteiger partial charge in [-0.3, -0.25) is 39.0 Å². The van der Waals surface area contributed by atoms with Crippen LogP contribution >= 0.6 is 0 Å². The van der Waals surface area contributed by atoms with Crippen molar-refractivity contribution >= 4 is 58.3 Å². The number of hydrogen-bond acceptors (Lipinski definition) is 14. The Kier molecular flexibility index (Phi) is 14.2. The van der Waals surface area contributed by atoms with Crippen molar-refractivity contribution in [3.05, 3.63) is 83.9 Å². The zero-order chi connectivity index (χ0) is 48.0. The first-order chi connectivity index (χ1) is 33.5. The number of benzene rings is 3. The fourth-order valence-corrected chi connectivity index (χ4v) is 10.2. The molecule has 3 unspecified atom stereocenters. The van der Waals surface area contributed by atoms with Crippen LogP contribution in [0.1, 0.15) is 97.8 Å². The summed E-state index contributed by atoms with van der Waals surface area (Å²) in [5.74, 6) is -1.12. The number of fused-ring (bicyclic) bond motifs is 1. The maximum atomic E-state index is 13.5. The number of piperidine rings is 2. The molecule has 5 aliphatic rings. The van der Waals surface area contributed by atoms with Gasteiger partial charge in [0.25, 0.3) is 11.8 Å². The second kappa shape index (κ2) is 21.0. The third-order valence-electron chi connectivity index (χ3n) is 14.0. The van der Waals surface area contributed by atoms with E-state index in [2.05, 4.69) is 54.9 Å². The molecule has 0 saturated carbocycles. The second-order valence-electron chi connectivity index (χ2n) is 18.6. The lowest BCUT2D eigenvalue weighted by Crippen LogP contribution is -2.54. The molecule has 5 N–H and O–H groups in total. The van der Waals surface area contributed by atoms with Crippen molar-refractivity contribution < 1.29 is 38.6 Å². The number of nitrogen functional groups attached to an aromatic ring is 1. The third-order valence-corrected chi connectivity index (χ3v) is 14.0. The van der Waals surface area contributed by atoms with Crippen LogP contribution in [0.5, 0.6) is 11.5 Å². The molecule has 4 aromatic rings. The summed E-state index contributed by atoms with van der Waals surface area (Å²) in [7, 11) is 0. The molecule has 18 heteroatoms. The lowest BCUT2D eigenvalue weighted by atomic mass is 10.0. The zero-order valence-corrected chi connectivity index (χ0v) is 38.8. The highest BCUT2D eigenvalue weighted by molar-refractivity contribution is 6.25. The Balaban J connectivity index is 0.645. The summed E-state index contributed by atoms with van der Waals surface area (Å²) < 4.78 is 6.37. The van der Waals surface area contributed by atoms with Gasteiger partial charge in [0.1, 0.15) is 23.6 Å². The summed E-state index contributed by atoms with van der Waals surface area (Å²) in [5.41, 5.74) is 10.4. The molecule has 362 valence electrons. The second-order valence-corrected chi connectivity index (χ2v) is 18.6. The molecule has 4 fully saturated rings. The number of hydrogen-bond donors (Lipinski definition) is 4. The van der Waals surface area contributed by atoms with E-state index in [1.165, 1.54) is 0 Å². The standard InChI is InChI=1S/C51H60N10O8/c52-48-43(30-40(55-56-48)37-11-6-7-14-42(37)62)69-36-10-9-24-59(32-36)35-19-17-34(18-20-35)57-26-28-58(29-27-57)45(64)15-4-2-1-3-5-16-46(65)60-25-23-33(31-60)53-39-13-8-12-38-47(39)51(68)61(50(38)67)41-21-22-44(63)54-49(41)66/h6-8,11-14,17-20,30,33,36,41,53,62H,1-5,9-10,15-16,21-29,31-32H2,(H2,52,56)(H,54,63,66). The van der Waals surface area contributed by atoms with Crippen LogP contribution in [-0.4, -0.2) is 136 Å². The molecule has 1 aromatic heterocycles. The maximum Gasteiger partial charge on any atom is 0.264 e. The van der Waals surface area contributed by atoms with E-state index >= 15 is 0 Å². The van der Waals surface area contributed by atoms with Crippen molar-refractivity contribution in [3.63, 3.8) is 0 Å². The van der Waals surface area contributed by atoms with Gasteiger partial charge in [-0.1, -0.05) is 37.5 Å². The Morgan fingerprint density at radius 2 is 1.42 bits per heavy atom. The van der Waals surface area contributed by atoms with Gasteiger partial charge in [0, 0.05) is 99.8 Å². The lowest BCUT2D eigenvalue weighted by molar-refractivity contribution is -0.136. The minimum Gasteiger partial charge on any atom is -0.507 e. The summed E-state index contributed by atoms with van der Waals surface area (Å²) in [6.07, 6.45) is 7.97. The molecule has 4 saturated heterocycles. The van der Waals surface area contributed by atoms with Crippen LogP contribution in [0.15, 0.2) is 72.8 Å². The highest BCUT2D eigenvalue weighted by Crippen LogP contribution is 2.35. The van der Waals surface area contributed by atoms with Gasteiger partial charge in [0.05, 0.1) is 17.7 Å². The summed E-state index contributed by atoms with van der Waals surface area (Å²) in [5, 5.41) is 24.2. The Hall–Kier alpha value is -7.24. The zero-order valence-electron chi connectivity index (χ0n) is 38.8. The third kappa shape index (κ3) is 10.6. The van der Waals surface area contributed by atoms with Gasteiger partial charge in [0.2, 0.25) is 23.6 Å². The SMILES string of the molecule is Nc1nnc(-c2ccccc2O)cc1OC1CCCN(c2ccc(N3CCN(C(=O)CCCCCCCC(=O)N4CCC(Nc5cccc6c5C(=O)N(C5CCC(=O)NC5=O)C6=O)C4)CC3)cc2)C1. The lowest BCUT2D eigenvalue weighted by Gasteiger charge is -2.37. The van der Waals surface area contributed by atoms with Gasteiger partial charge in [-0.15, -0.1) is 10.2 Å². The topological polar surface area (TPSA) is 224 Å². The maximum absolute atomic E-state index is 13.5. The van der Waals surface area contributed by atoms with E-state index in [-0.39, 0.29) is 59.5 Å². The van der Waals surface area contributed by atoms with Crippen molar-refractivity contribution in [2.45, 2.75) is 95.2 Å². The number of piperazine rings is 1. The first-order valence-corrected chi connectivity index (χ1v) is 24.4. The van der Waals surface area contributed by atoms with Crippen LogP contribution in [0.25, 0.3) is 11.3 Å². The molecule has 0 bridgehead atoms. The van der Waals surface area contributed by atoms with Crippen molar-refractivity contribution in [2.24, 2.45) is 0 Å². The van der Waals surface area contributed by atoms with E-state index in [1.54, 1.807) is 42.5 Å². The minimum atomic E-state index is -1.03. The quantitative estimate of drug-likeness (QED) is 0.0861. The first kappa shape index (κ1) is 46.9. The van der Waals surface area contributed by atoms with Gasteiger partial charge < -0.3 is 40.5 Å². The smallest absolute Gasteiger partial charge is 0.264 e. The molecule has 6 amide bonds. The number of carbonyl (C=O) groups is 6. The predicted molar refractivity (Wildman–Crippen MR) is 259 cm³/mol. The number of likely N-dealkylation sites (tertiary alicyclic amines) is 1. The molecule has 0 aliphatic carbocycles. The first-order valence-electron chi connectivity index (χ1n) is 24.4. The number of phenols is 1. The molecule has 3 aromatic carbocycles. The van der Waals surface area contributed by atoms with Crippen LogP contribution in [0.4, 0.5) is 22.9 Å². The average molecular weight is 941 g/mol. The van der Waals surface area contributed by atoms with E-state index < -0.39 is 29.7 Å². The van der Waals surface area contributed by atoms with Gasteiger partial charge in [0.15, 0.2) is 11.6 Å². The van der Waals surface area contributed by atoms with Crippen LogP contribution in [0.2, 0.25) is 0 Å². The Bertz CT molecular complexity index is 2580. The highest BCUT2D eigenvalue weighted by Gasteiger charge is 2.46. The number of nitrogens with two attached hydrogens (primary N) is 1. The molecule has 18 nitrogen and oxygen atoms in total. The van der Waals surface area contributed by atoms with Crippen molar-refractivity contribution in [1.29, 1.82) is 0 Å². The number of para-hydroxylation sites is 1. The number of unbranched alkanes of at least 4 members (excludes halogenated alkanes) is 4. The number of amides is 6. The van der Waals surface area contributed by atoms with Gasteiger partial charge in [-0.2, -0.15) is 0 Å². The van der Waals surface area contributed by atoms with E-state index in [0.717, 1.165) is 80.9 Å². The number of nitrogens with zero attached hydrogens (tertiary/aromatic N) is 7. The summed E-state index contributed by atoms with van der Waals surface area (Å²) in [4.78, 5) is 86.6. The van der Waals surface area contributed by atoms with Gasteiger partial charge in [-0.05, 0) is 87.1 Å². The van der Waals surface area contributed by atoms with Crippen molar-refractivity contribution in [2.75, 3.05) is 73.2 Å². The van der Waals surface area contributed by atoms with Crippen LogP contribution in [0, 0.1) is 0 Å². The molecular formula is C51H60N10O8. The number of nitrogens with one attached hydrogen (secondary N) is 2. The number of phenolic OH excluding ortho intramolecular Hbond substituents is 1. The Morgan fingerprint density at radius 1 is 0.725 bits per heavy atom. The average Bonchev–Trinajstić information content (AvgIpc) is 3.93. The summed E-state index contributed by atoms with van der Waals surface area (Å²) >= 11 is 0. The number of anilines is 4. The molecule has 0 spiro atoms. The molecule has 0 radical (unpaired) electrons. The molecule has 69 heavy (non-hydrogen) atoms. The number of rotatable bonds is 16. The van der Waals surface area contributed by atoms with E-state index in [4.69, 9.17) is 10.5 Å². The van der Waals surface area contributed by atoms with Gasteiger partial charge >= 0.3 is 0 Å². The number of aromatic nitrogens is 2. The van der Waals surface area contributed by atoms with Crippen LogP contribution < -0.4 is 30.9 Å². The van der Waals surface area contributed by atoms with Crippen molar-refractivity contribution in [3.8, 4) is 22.8 Å². The normalized spacial score (nSPS) is 20.6. The Labute approximate surface area is 401 Å². The number of imide groups is 2. The van der Waals surface area contributed by atoms with E-state index in [1.807, 2.05) is 15.9 Å². The number of ether oxygens (including phenoxy) is 1. The predicted octanol–water partition coefficient (Wildman–Crippen LogP) is 4.97. The fraction of sp³-hybridized carbons (Fsp3) is 0.451. The van der Waals surface area contributed by atoms with E-state index in [0.29, 0.717) is 74.7 Å². The summed E-state index contributed by atoms with van der Waals surface area (Å²) in [6, 6.07) is 21.2. The molecular weight excluding hydrogens is 881 g/mol. The number of aromatic hydroxyl groups is 1. The van der Waals surface area contributed by atoms with Crippen molar-refractivity contribution in [1.82, 2.24) is 30.2 Å².